The van der Waals surface area contributed by atoms with Crippen LogP contribution in [0.2, 0.25) is 0 Å². The number of nitrogens with one attached hydrogen (secondary N) is 1. The molecule has 1 unspecified atom stereocenters. The Hall–Kier alpha value is -1.36. The van der Waals surface area contributed by atoms with E-state index in [0.29, 0.717) is 13.0 Å². The molecule has 0 aliphatic heterocycles. The van der Waals surface area contributed by atoms with E-state index in [9.17, 15) is 4.79 Å². The van der Waals surface area contributed by atoms with Crippen LogP contribution in [0.1, 0.15) is 26.0 Å². The highest BCUT2D eigenvalue weighted by atomic mass is 16.1. The molecule has 5 heteroatoms. The van der Waals surface area contributed by atoms with Gasteiger partial charge in [-0.1, -0.05) is 6.92 Å². The van der Waals surface area contributed by atoms with Crippen LogP contribution in [0.5, 0.6) is 0 Å². The summed E-state index contributed by atoms with van der Waals surface area (Å²) in [5, 5.41) is 7.39. The first-order valence-corrected chi connectivity index (χ1v) is 5.53. The van der Waals surface area contributed by atoms with Crippen molar-refractivity contribution in [1.82, 2.24) is 15.1 Å². The highest BCUT2D eigenvalue weighted by molar-refractivity contribution is 5.84. The topological polar surface area (TPSA) is 72.9 Å². The lowest BCUT2D eigenvalue weighted by Crippen LogP contribution is -2.53. The summed E-state index contributed by atoms with van der Waals surface area (Å²) in [6.45, 7) is 7.13. The summed E-state index contributed by atoms with van der Waals surface area (Å²) >= 11 is 0. The van der Waals surface area contributed by atoms with Crippen molar-refractivity contribution in [3.63, 3.8) is 0 Å². The van der Waals surface area contributed by atoms with Gasteiger partial charge in [-0.2, -0.15) is 5.10 Å². The maximum Gasteiger partial charge on any atom is 0.237 e. The second-order valence-corrected chi connectivity index (χ2v) is 4.20. The van der Waals surface area contributed by atoms with Crippen LogP contribution in [0.4, 0.5) is 0 Å². The number of amides is 1. The minimum Gasteiger partial charge on any atom is -0.368 e. The van der Waals surface area contributed by atoms with Gasteiger partial charge < -0.3 is 11.1 Å². The smallest absolute Gasteiger partial charge is 0.237 e. The number of nitrogens with zero attached hydrogens (tertiary/aromatic N) is 2. The number of primary amides is 1. The Kier molecular flexibility index (Phi) is 4.06. The van der Waals surface area contributed by atoms with Crippen LogP contribution in [0.25, 0.3) is 0 Å². The highest BCUT2D eigenvalue weighted by Crippen LogP contribution is 2.10. The van der Waals surface area contributed by atoms with E-state index in [1.54, 1.807) is 0 Å². The van der Waals surface area contributed by atoms with Crippen molar-refractivity contribution in [3.8, 4) is 0 Å². The zero-order valence-corrected chi connectivity index (χ0v) is 10.2. The molecular weight excluding hydrogens is 204 g/mol. The number of aryl methyl sites for hydroxylation is 2. The number of aromatic nitrogens is 2. The van der Waals surface area contributed by atoms with Crippen LogP contribution in [0.3, 0.4) is 0 Å². The summed E-state index contributed by atoms with van der Waals surface area (Å²) in [5.41, 5.74) is 5.71. The number of nitrogens with two attached hydrogens (primary N) is 1. The summed E-state index contributed by atoms with van der Waals surface area (Å²) in [6, 6.07) is 1.94. The first-order chi connectivity index (χ1) is 7.48. The number of likely N-dealkylation sites (N-methyl/N-ethyl adjacent to an activating group) is 1. The Balaban J connectivity index is 2.60. The van der Waals surface area contributed by atoms with Gasteiger partial charge in [0.25, 0.3) is 0 Å². The number of rotatable bonds is 6. The van der Waals surface area contributed by atoms with Gasteiger partial charge in [0.05, 0.1) is 11.2 Å². The van der Waals surface area contributed by atoms with E-state index in [2.05, 4.69) is 10.4 Å². The second-order valence-electron chi connectivity index (χ2n) is 4.20. The second kappa shape index (κ2) is 5.12. The third-order valence-electron chi connectivity index (χ3n) is 2.73. The van der Waals surface area contributed by atoms with Crippen LogP contribution in [-0.2, 0) is 11.3 Å². The van der Waals surface area contributed by atoms with E-state index >= 15 is 0 Å². The molecule has 1 heterocycles. The highest BCUT2D eigenvalue weighted by Gasteiger charge is 2.29. The molecule has 0 saturated carbocycles. The van der Waals surface area contributed by atoms with Crippen LogP contribution in [0, 0.1) is 6.92 Å². The van der Waals surface area contributed by atoms with Crippen LogP contribution in [0.15, 0.2) is 12.3 Å². The fraction of sp³-hybridized carbons (Fsp3) is 0.636. The predicted octanol–water partition coefficient (Wildman–Crippen LogP) is 0.435. The van der Waals surface area contributed by atoms with Crippen molar-refractivity contribution in [3.05, 3.63) is 18.0 Å². The molecule has 0 bridgehead atoms. The van der Waals surface area contributed by atoms with E-state index in [0.717, 1.165) is 12.2 Å². The van der Waals surface area contributed by atoms with E-state index < -0.39 is 5.54 Å². The van der Waals surface area contributed by atoms with Crippen LogP contribution >= 0.6 is 0 Å². The molecule has 1 atom stereocenters. The molecule has 1 amide bonds. The van der Waals surface area contributed by atoms with E-state index in [4.69, 9.17) is 5.73 Å². The predicted molar refractivity (Wildman–Crippen MR) is 62.9 cm³/mol. The van der Waals surface area contributed by atoms with Gasteiger partial charge in [0.1, 0.15) is 0 Å². The molecule has 0 aromatic carbocycles. The third kappa shape index (κ3) is 3.06. The minimum atomic E-state index is -0.658. The lowest BCUT2D eigenvalue weighted by Gasteiger charge is -2.26. The maximum absolute atomic E-state index is 11.4. The third-order valence-corrected chi connectivity index (χ3v) is 2.73. The molecule has 3 N–H and O–H groups in total. The zero-order chi connectivity index (χ0) is 12.2. The van der Waals surface area contributed by atoms with Gasteiger partial charge in [-0.15, -0.1) is 0 Å². The SMILES string of the molecule is CCNC(C)(CCn1ccc(C)n1)C(N)=O. The molecule has 0 fully saturated rings. The van der Waals surface area contributed by atoms with Gasteiger partial charge in [-0.3, -0.25) is 9.48 Å². The number of carbonyl (C=O) groups is 1. The van der Waals surface area contributed by atoms with Crippen molar-refractivity contribution in [2.24, 2.45) is 5.73 Å². The van der Waals surface area contributed by atoms with Crippen molar-refractivity contribution >= 4 is 5.91 Å². The number of hydrogen-bond acceptors (Lipinski definition) is 3. The monoisotopic (exact) mass is 224 g/mol. The summed E-state index contributed by atoms with van der Waals surface area (Å²) in [4.78, 5) is 11.4. The average Bonchev–Trinajstić information content (AvgIpc) is 2.61. The van der Waals surface area contributed by atoms with E-state index in [-0.39, 0.29) is 5.91 Å². The summed E-state index contributed by atoms with van der Waals surface area (Å²) < 4.78 is 1.83. The molecule has 1 aromatic heterocycles. The van der Waals surface area contributed by atoms with E-state index in [1.807, 2.05) is 37.7 Å². The zero-order valence-electron chi connectivity index (χ0n) is 10.2. The molecule has 0 aliphatic rings. The summed E-state index contributed by atoms with van der Waals surface area (Å²) in [5.74, 6) is -0.321. The van der Waals surface area contributed by atoms with E-state index in [1.165, 1.54) is 0 Å². The maximum atomic E-state index is 11.4. The Bertz CT molecular complexity index is 361. The fourth-order valence-corrected chi connectivity index (χ4v) is 1.61. The van der Waals surface area contributed by atoms with Crippen molar-refractivity contribution in [2.75, 3.05) is 6.54 Å². The number of carbonyl (C=O) groups excluding carboxylic acids is 1. The molecule has 0 saturated heterocycles. The van der Waals surface area contributed by atoms with Crippen molar-refractivity contribution < 1.29 is 4.79 Å². The summed E-state index contributed by atoms with van der Waals surface area (Å²) in [7, 11) is 0. The van der Waals surface area contributed by atoms with Gasteiger partial charge in [0.15, 0.2) is 0 Å². The van der Waals surface area contributed by atoms with Gasteiger partial charge in [0, 0.05) is 12.7 Å². The van der Waals surface area contributed by atoms with Crippen molar-refractivity contribution in [2.45, 2.75) is 39.3 Å². The Labute approximate surface area is 96.0 Å². The molecular formula is C11H20N4O. The lowest BCUT2D eigenvalue weighted by atomic mass is 9.97. The first kappa shape index (κ1) is 12.7. The van der Waals surface area contributed by atoms with Crippen LogP contribution < -0.4 is 11.1 Å². The summed E-state index contributed by atoms with van der Waals surface area (Å²) in [6.07, 6.45) is 2.54. The van der Waals surface area contributed by atoms with Gasteiger partial charge in [0.2, 0.25) is 5.91 Å². The Morgan fingerprint density at radius 2 is 2.38 bits per heavy atom. The fourth-order valence-electron chi connectivity index (χ4n) is 1.61. The first-order valence-electron chi connectivity index (χ1n) is 5.53. The average molecular weight is 224 g/mol. The quantitative estimate of drug-likeness (QED) is 0.736. The molecule has 1 rings (SSSR count). The molecule has 0 radical (unpaired) electrons. The molecule has 90 valence electrons. The van der Waals surface area contributed by atoms with Crippen LogP contribution in [-0.4, -0.2) is 27.8 Å². The van der Waals surface area contributed by atoms with Gasteiger partial charge in [-0.05, 0) is 32.9 Å². The lowest BCUT2D eigenvalue weighted by molar-refractivity contribution is -0.124. The van der Waals surface area contributed by atoms with Crippen molar-refractivity contribution in [1.29, 1.82) is 0 Å². The molecule has 5 nitrogen and oxygen atoms in total. The largest absolute Gasteiger partial charge is 0.368 e. The van der Waals surface area contributed by atoms with Gasteiger partial charge in [-0.25, -0.2) is 0 Å². The van der Waals surface area contributed by atoms with Gasteiger partial charge >= 0.3 is 0 Å². The Morgan fingerprint density at radius 1 is 1.69 bits per heavy atom. The molecule has 0 spiro atoms. The molecule has 16 heavy (non-hydrogen) atoms. The Morgan fingerprint density at radius 3 is 2.81 bits per heavy atom. The standard InChI is InChI=1S/C11H20N4O/c1-4-13-11(3,10(12)16)6-8-15-7-5-9(2)14-15/h5,7,13H,4,6,8H2,1-3H3,(H2,12,16). The minimum absolute atomic E-state index is 0.321. The molecule has 1 aromatic rings. The number of hydrogen-bond donors (Lipinski definition) is 2. The normalized spacial score (nSPS) is 14.7. The molecule has 0 aliphatic carbocycles.